The van der Waals surface area contributed by atoms with Gasteiger partial charge in [0, 0.05) is 25.7 Å². The Hall–Kier alpha value is -0.850. The predicted molar refractivity (Wildman–Crippen MR) is 94.1 cm³/mol. The first kappa shape index (κ1) is 22.1. The third-order valence-corrected chi connectivity index (χ3v) is 4.77. The molecule has 136 valence electrons. The number of aliphatic carboxylic acids is 1. The highest BCUT2D eigenvalue weighted by Gasteiger charge is 2.28. The van der Waals surface area contributed by atoms with Crippen LogP contribution < -0.4 is 0 Å². The molecule has 1 amide bonds. The van der Waals surface area contributed by atoms with Gasteiger partial charge in [-0.1, -0.05) is 0 Å². The van der Waals surface area contributed by atoms with E-state index in [0.29, 0.717) is 0 Å². The highest BCUT2D eigenvalue weighted by molar-refractivity contribution is 5.85. The van der Waals surface area contributed by atoms with Gasteiger partial charge in [0.25, 0.3) is 0 Å². The van der Waals surface area contributed by atoms with E-state index >= 15 is 0 Å². The van der Waals surface area contributed by atoms with Crippen LogP contribution in [0.15, 0.2) is 0 Å². The van der Waals surface area contributed by atoms with Crippen molar-refractivity contribution >= 4 is 24.3 Å². The predicted octanol–water partition coefficient (Wildman–Crippen LogP) is 1.53. The third kappa shape index (κ3) is 6.65. The highest BCUT2D eigenvalue weighted by atomic mass is 35.5. The first-order valence-electron chi connectivity index (χ1n) is 8.16. The molecule has 0 saturated carbocycles. The molecule has 0 spiro atoms. The van der Waals surface area contributed by atoms with Crippen molar-refractivity contribution < 1.29 is 14.7 Å². The van der Waals surface area contributed by atoms with Crippen LogP contribution in [0.2, 0.25) is 0 Å². The van der Waals surface area contributed by atoms with E-state index in [9.17, 15) is 9.59 Å². The summed E-state index contributed by atoms with van der Waals surface area (Å²) in [6, 6.07) is 0.374. The number of carboxylic acid groups (broad SMARTS) is 1. The number of carbonyl (C=O) groups is 2. The summed E-state index contributed by atoms with van der Waals surface area (Å²) in [7, 11) is 3.72. The summed E-state index contributed by atoms with van der Waals surface area (Å²) in [5, 5.41) is 8.91. The largest absolute Gasteiger partial charge is 0.480 e. The highest BCUT2D eigenvalue weighted by Crippen LogP contribution is 2.18. The zero-order valence-electron chi connectivity index (χ0n) is 15.0. The maximum Gasteiger partial charge on any atom is 0.317 e. The number of likely N-dealkylation sites (N-methyl/N-ethyl adjacent to an activating group) is 2. The molecule has 1 fully saturated rings. The van der Waals surface area contributed by atoms with Crippen LogP contribution in [0.3, 0.4) is 0 Å². The lowest BCUT2D eigenvalue weighted by atomic mass is 10.1. The van der Waals surface area contributed by atoms with Crippen molar-refractivity contribution in [3.05, 3.63) is 0 Å². The third-order valence-electron chi connectivity index (χ3n) is 4.77. The van der Waals surface area contributed by atoms with Gasteiger partial charge < -0.3 is 10.0 Å². The fourth-order valence-corrected chi connectivity index (χ4v) is 2.98. The zero-order valence-corrected chi connectivity index (χ0v) is 15.8. The van der Waals surface area contributed by atoms with Gasteiger partial charge in [-0.15, -0.1) is 12.4 Å². The summed E-state index contributed by atoms with van der Waals surface area (Å²) in [6.07, 6.45) is 2.89. The van der Waals surface area contributed by atoms with Crippen LogP contribution in [0.5, 0.6) is 0 Å². The lowest BCUT2D eigenvalue weighted by molar-refractivity contribution is -0.138. The van der Waals surface area contributed by atoms with E-state index in [2.05, 4.69) is 4.90 Å². The van der Waals surface area contributed by atoms with Gasteiger partial charge >= 0.3 is 5.97 Å². The lowest BCUT2D eigenvalue weighted by Gasteiger charge is -2.32. The molecule has 2 unspecified atom stereocenters. The van der Waals surface area contributed by atoms with Crippen LogP contribution in [-0.2, 0) is 9.59 Å². The Balaban J connectivity index is 0.00000484. The normalized spacial score (nSPS) is 20.7. The molecule has 0 bridgehead atoms. The van der Waals surface area contributed by atoms with Crippen molar-refractivity contribution in [1.29, 1.82) is 0 Å². The molecule has 0 aromatic heterocycles. The lowest BCUT2D eigenvalue weighted by Crippen LogP contribution is -2.48. The van der Waals surface area contributed by atoms with Gasteiger partial charge in [-0.3, -0.25) is 19.4 Å². The van der Waals surface area contributed by atoms with Gasteiger partial charge in [-0.25, -0.2) is 0 Å². The quantitative estimate of drug-likeness (QED) is 0.788. The van der Waals surface area contributed by atoms with Gasteiger partial charge in [-0.2, -0.15) is 0 Å². The fourth-order valence-electron chi connectivity index (χ4n) is 2.98. The van der Waals surface area contributed by atoms with Crippen molar-refractivity contribution in [2.75, 3.05) is 33.7 Å². The second kappa shape index (κ2) is 10.1. The average molecular weight is 350 g/mol. The molecule has 0 aliphatic carbocycles. The second-order valence-corrected chi connectivity index (χ2v) is 6.65. The number of hydrogen-bond donors (Lipinski definition) is 1. The standard InChI is InChI=1S/C16H31N3O3.ClH/c1-12(2)18(5)16(22)13(3)19-9-6-7-14(8-10-19)17(4)11-15(20)21;/h12-14H,6-11H2,1-5H3,(H,20,21);1H. The number of halogens is 1. The molecule has 2 atom stereocenters. The first-order valence-corrected chi connectivity index (χ1v) is 8.16. The van der Waals surface area contributed by atoms with Crippen LogP contribution in [0, 0.1) is 0 Å². The van der Waals surface area contributed by atoms with Crippen LogP contribution in [0.25, 0.3) is 0 Å². The summed E-state index contributed by atoms with van der Waals surface area (Å²) in [4.78, 5) is 29.2. The second-order valence-electron chi connectivity index (χ2n) is 6.65. The van der Waals surface area contributed by atoms with Crippen LogP contribution in [0.4, 0.5) is 0 Å². The Morgan fingerprint density at radius 3 is 2.30 bits per heavy atom. The summed E-state index contributed by atoms with van der Waals surface area (Å²) in [5.74, 6) is -0.627. The Kier molecular flexibility index (Phi) is 9.73. The monoisotopic (exact) mass is 349 g/mol. The molecule has 0 aromatic carbocycles. The van der Waals surface area contributed by atoms with Crippen molar-refractivity contribution in [3.8, 4) is 0 Å². The number of amides is 1. The van der Waals surface area contributed by atoms with E-state index in [0.717, 1.165) is 32.4 Å². The molecule has 0 radical (unpaired) electrons. The molecule has 7 heteroatoms. The van der Waals surface area contributed by atoms with Gasteiger partial charge in [-0.05, 0) is 53.6 Å². The maximum atomic E-state index is 12.5. The molecule has 1 aliphatic rings. The first-order chi connectivity index (χ1) is 10.2. The molecule has 23 heavy (non-hydrogen) atoms. The van der Waals surface area contributed by atoms with Crippen LogP contribution in [-0.4, -0.2) is 83.5 Å². The number of nitrogens with zero attached hydrogens (tertiary/aromatic N) is 3. The summed E-state index contributed by atoms with van der Waals surface area (Å²) >= 11 is 0. The summed E-state index contributed by atoms with van der Waals surface area (Å²) in [6.45, 7) is 7.83. The Morgan fingerprint density at radius 1 is 1.17 bits per heavy atom. The smallest absolute Gasteiger partial charge is 0.317 e. The fraction of sp³-hybridized carbons (Fsp3) is 0.875. The molecule has 6 nitrogen and oxygen atoms in total. The van der Waals surface area contributed by atoms with E-state index in [4.69, 9.17) is 5.11 Å². The molecule has 1 N–H and O–H groups in total. The number of hydrogen-bond acceptors (Lipinski definition) is 4. The van der Waals surface area contributed by atoms with Gasteiger partial charge in [0.15, 0.2) is 0 Å². The SMILES string of the molecule is CC(C(=O)N(C)C(C)C)N1CCCC(N(C)CC(=O)O)CC1.Cl. The van der Waals surface area contributed by atoms with Crippen LogP contribution in [0.1, 0.15) is 40.0 Å². The molecule has 1 heterocycles. The van der Waals surface area contributed by atoms with E-state index < -0.39 is 5.97 Å². The number of carboxylic acids is 1. The van der Waals surface area contributed by atoms with Gasteiger partial charge in [0.2, 0.25) is 5.91 Å². The summed E-state index contributed by atoms with van der Waals surface area (Å²) < 4.78 is 0. The van der Waals surface area contributed by atoms with Crippen molar-refractivity contribution in [1.82, 2.24) is 14.7 Å². The average Bonchev–Trinajstić information content (AvgIpc) is 2.69. The van der Waals surface area contributed by atoms with Crippen molar-refractivity contribution in [2.24, 2.45) is 0 Å². The van der Waals surface area contributed by atoms with E-state index in [1.165, 1.54) is 0 Å². The van der Waals surface area contributed by atoms with E-state index in [-0.39, 0.29) is 43.0 Å². The Labute approximate surface area is 146 Å². The maximum absolute atomic E-state index is 12.5. The molecule has 1 aliphatic heterocycles. The van der Waals surface area contributed by atoms with Crippen molar-refractivity contribution in [2.45, 2.75) is 58.2 Å². The molecule has 1 rings (SSSR count). The number of rotatable bonds is 6. The molecule has 0 aromatic rings. The molecular formula is C16H32ClN3O3. The minimum atomic E-state index is -0.786. The number of carbonyl (C=O) groups excluding carboxylic acids is 1. The van der Waals surface area contributed by atoms with E-state index in [1.807, 2.05) is 39.8 Å². The van der Waals surface area contributed by atoms with Crippen LogP contribution >= 0.6 is 12.4 Å². The van der Waals surface area contributed by atoms with Crippen molar-refractivity contribution in [3.63, 3.8) is 0 Å². The minimum Gasteiger partial charge on any atom is -0.480 e. The zero-order chi connectivity index (χ0) is 16.9. The molecule has 1 saturated heterocycles. The number of likely N-dealkylation sites (tertiary alicyclic amines) is 1. The summed E-state index contributed by atoms with van der Waals surface area (Å²) in [5.41, 5.74) is 0. The van der Waals surface area contributed by atoms with Gasteiger partial charge in [0.05, 0.1) is 12.6 Å². The topological polar surface area (TPSA) is 64.1 Å². The minimum absolute atomic E-state index is 0. The Bertz CT molecular complexity index is 393. The molecular weight excluding hydrogens is 318 g/mol. The van der Waals surface area contributed by atoms with E-state index in [1.54, 1.807) is 4.90 Å². The van der Waals surface area contributed by atoms with Gasteiger partial charge in [0.1, 0.15) is 0 Å². The Morgan fingerprint density at radius 2 is 1.78 bits per heavy atom.